The molecule has 0 spiro atoms. The molecule has 2 aromatic rings. The molecule has 6 nitrogen and oxygen atoms in total. The summed E-state index contributed by atoms with van der Waals surface area (Å²) in [5, 5.41) is 16.9. The van der Waals surface area contributed by atoms with Gasteiger partial charge < -0.3 is 5.73 Å². The van der Waals surface area contributed by atoms with Crippen molar-refractivity contribution in [2.24, 2.45) is 0 Å². The second-order valence-corrected chi connectivity index (χ2v) is 4.76. The zero-order valence-electron chi connectivity index (χ0n) is 9.51. The summed E-state index contributed by atoms with van der Waals surface area (Å²) in [7, 11) is 0. The summed E-state index contributed by atoms with van der Waals surface area (Å²) in [6.07, 6.45) is 0. The van der Waals surface area contributed by atoms with Gasteiger partial charge in [-0.3, -0.25) is 10.1 Å². The minimum absolute atomic E-state index is 0.0980. The fourth-order valence-corrected chi connectivity index (χ4v) is 2.53. The third kappa shape index (κ3) is 2.01. The smallest absolute Gasteiger partial charge is 0.333 e. The molecule has 2 rings (SSSR count). The Morgan fingerprint density at radius 2 is 2.29 bits per heavy atom. The number of anilines is 1. The van der Waals surface area contributed by atoms with Crippen LogP contribution in [-0.2, 0) is 6.54 Å². The predicted octanol–water partition coefficient (Wildman–Crippen LogP) is 2.10. The van der Waals surface area contributed by atoms with Crippen LogP contribution in [0.2, 0.25) is 0 Å². The number of hydrogen-bond donors (Lipinski definition) is 1. The zero-order chi connectivity index (χ0) is 12.6. The maximum Gasteiger partial charge on any atom is 0.333 e. The molecule has 0 aromatic carbocycles. The highest BCUT2D eigenvalue weighted by atomic mass is 32.1. The van der Waals surface area contributed by atoms with E-state index in [4.69, 9.17) is 5.73 Å². The Balaban J connectivity index is 2.38. The first-order valence-corrected chi connectivity index (χ1v) is 5.89. The van der Waals surface area contributed by atoms with Gasteiger partial charge in [0.05, 0.1) is 11.5 Å². The number of nitrogens with two attached hydrogens (primary N) is 1. The van der Waals surface area contributed by atoms with Crippen molar-refractivity contribution in [3.8, 4) is 0 Å². The van der Waals surface area contributed by atoms with E-state index in [1.165, 1.54) is 4.68 Å². The molecule has 7 heteroatoms. The summed E-state index contributed by atoms with van der Waals surface area (Å²) in [4.78, 5) is 11.4. The molecular weight excluding hydrogens is 240 g/mol. The van der Waals surface area contributed by atoms with Gasteiger partial charge in [0, 0.05) is 4.88 Å². The van der Waals surface area contributed by atoms with Crippen molar-refractivity contribution in [1.82, 2.24) is 9.78 Å². The molecule has 17 heavy (non-hydrogen) atoms. The van der Waals surface area contributed by atoms with E-state index in [-0.39, 0.29) is 11.5 Å². The molecule has 0 aliphatic carbocycles. The van der Waals surface area contributed by atoms with E-state index in [1.807, 2.05) is 18.4 Å². The molecule has 0 amide bonds. The maximum absolute atomic E-state index is 10.8. The van der Waals surface area contributed by atoms with Crippen LogP contribution < -0.4 is 5.73 Å². The van der Waals surface area contributed by atoms with Crippen molar-refractivity contribution < 1.29 is 4.92 Å². The molecule has 0 saturated heterocycles. The van der Waals surface area contributed by atoms with E-state index in [0.29, 0.717) is 12.2 Å². The topological polar surface area (TPSA) is 87.0 Å². The van der Waals surface area contributed by atoms with Crippen molar-refractivity contribution in [2.45, 2.75) is 20.4 Å². The summed E-state index contributed by atoms with van der Waals surface area (Å²) in [6.45, 7) is 4.06. The van der Waals surface area contributed by atoms with Crippen LogP contribution in [0.4, 0.5) is 11.5 Å². The van der Waals surface area contributed by atoms with E-state index in [9.17, 15) is 10.1 Å². The number of nitrogens with zero attached hydrogens (tertiary/aromatic N) is 3. The lowest BCUT2D eigenvalue weighted by Crippen LogP contribution is -2.06. The second kappa shape index (κ2) is 4.17. The van der Waals surface area contributed by atoms with Crippen LogP contribution in [0.25, 0.3) is 0 Å². The summed E-state index contributed by atoms with van der Waals surface area (Å²) < 4.78 is 1.48. The number of rotatable bonds is 3. The van der Waals surface area contributed by atoms with Crippen LogP contribution in [0, 0.1) is 24.0 Å². The maximum atomic E-state index is 10.8. The molecular formula is C10H12N4O2S. The summed E-state index contributed by atoms with van der Waals surface area (Å²) in [5.74, 6) is 0.111. The minimum atomic E-state index is -0.491. The molecule has 0 aliphatic heterocycles. The van der Waals surface area contributed by atoms with Gasteiger partial charge in [0.15, 0.2) is 0 Å². The lowest BCUT2D eigenvalue weighted by Gasteiger charge is -2.02. The Morgan fingerprint density at radius 1 is 1.59 bits per heavy atom. The molecule has 0 aliphatic rings. The van der Waals surface area contributed by atoms with E-state index in [0.717, 1.165) is 10.4 Å². The van der Waals surface area contributed by atoms with Crippen LogP contribution in [-0.4, -0.2) is 14.7 Å². The van der Waals surface area contributed by atoms with Gasteiger partial charge in [-0.05, 0) is 30.9 Å². The zero-order valence-corrected chi connectivity index (χ0v) is 10.3. The molecule has 0 fully saturated rings. The molecule has 0 bridgehead atoms. The second-order valence-electron chi connectivity index (χ2n) is 3.76. The highest BCUT2D eigenvalue weighted by molar-refractivity contribution is 7.10. The van der Waals surface area contributed by atoms with E-state index in [2.05, 4.69) is 5.10 Å². The first-order valence-electron chi connectivity index (χ1n) is 5.01. The summed E-state index contributed by atoms with van der Waals surface area (Å²) in [5.41, 5.74) is 7.13. The van der Waals surface area contributed by atoms with Crippen LogP contribution in [0.5, 0.6) is 0 Å². The van der Waals surface area contributed by atoms with Gasteiger partial charge in [-0.1, -0.05) is 0 Å². The van der Waals surface area contributed by atoms with Gasteiger partial charge in [-0.25, -0.2) is 4.68 Å². The van der Waals surface area contributed by atoms with Crippen molar-refractivity contribution in [3.63, 3.8) is 0 Å². The van der Waals surface area contributed by atoms with Gasteiger partial charge in [0.25, 0.3) is 0 Å². The number of aromatic nitrogens is 2. The average Bonchev–Trinajstić information content (AvgIpc) is 2.73. The van der Waals surface area contributed by atoms with Crippen LogP contribution in [0.3, 0.4) is 0 Å². The lowest BCUT2D eigenvalue weighted by atomic mass is 10.3. The molecule has 0 atom stereocenters. The van der Waals surface area contributed by atoms with Gasteiger partial charge >= 0.3 is 5.69 Å². The van der Waals surface area contributed by atoms with Gasteiger partial charge in [0.1, 0.15) is 5.69 Å². The Bertz CT molecular complexity index is 573. The predicted molar refractivity (Wildman–Crippen MR) is 66.2 cm³/mol. The Kier molecular flexibility index (Phi) is 2.84. The fourth-order valence-electron chi connectivity index (χ4n) is 1.64. The lowest BCUT2D eigenvalue weighted by molar-refractivity contribution is -0.384. The van der Waals surface area contributed by atoms with E-state index < -0.39 is 4.92 Å². The Hall–Kier alpha value is -1.89. The van der Waals surface area contributed by atoms with Crippen LogP contribution in [0.15, 0.2) is 11.4 Å². The van der Waals surface area contributed by atoms with Crippen LogP contribution in [0.1, 0.15) is 16.1 Å². The quantitative estimate of drug-likeness (QED) is 0.669. The van der Waals surface area contributed by atoms with Gasteiger partial charge in [-0.15, -0.1) is 11.3 Å². The van der Waals surface area contributed by atoms with E-state index >= 15 is 0 Å². The van der Waals surface area contributed by atoms with Gasteiger partial charge in [-0.2, -0.15) is 5.10 Å². The van der Waals surface area contributed by atoms with Gasteiger partial charge in [0.2, 0.25) is 5.82 Å². The molecule has 2 N–H and O–H groups in total. The first kappa shape index (κ1) is 11.6. The highest BCUT2D eigenvalue weighted by Crippen LogP contribution is 2.27. The summed E-state index contributed by atoms with van der Waals surface area (Å²) in [6, 6.07) is 2.00. The number of thiophene rings is 1. The molecule has 2 heterocycles. The molecule has 90 valence electrons. The van der Waals surface area contributed by atoms with Crippen molar-refractivity contribution in [3.05, 3.63) is 37.7 Å². The third-order valence-corrected chi connectivity index (χ3v) is 3.59. The van der Waals surface area contributed by atoms with Crippen molar-refractivity contribution in [2.75, 3.05) is 5.73 Å². The number of aryl methyl sites for hydroxylation is 2. The molecule has 0 radical (unpaired) electrons. The third-order valence-electron chi connectivity index (χ3n) is 2.58. The molecule has 0 unspecified atom stereocenters. The molecule has 0 saturated carbocycles. The van der Waals surface area contributed by atoms with E-state index in [1.54, 1.807) is 18.3 Å². The molecule has 2 aromatic heterocycles. The highest BCUT2D eigenvalue weighted by Gasteiger charge is 2.23. The standard InChI is InChI=1S/C10H12N4O2S/c1-6-3-4-17-8(6)5-13-10(11)9(14(15)16)7(2)12-13/h3-4H,5,11H2,1-2H3. The largest absolute Gasteiger partial charge is 0.378 e. The fraction of sp³-hybridized carbons (Fsp3) is 0.300. The van der Waals surface area contributed by atoms with Crippen LogP contribution >= 0.6 is 11.3 Å². The first-order chi connectivity index (χ1) is 8.00. The average molecular weight is 252 g/mol. The Morgan fingerprint density at radius 3 is 2.76 bits per heavy atom. The number of nitrogen functional groups attached to an aromatic ring is 1. The van der Waals surface area contributed by atoms with Crippen molar-refractivity contribution >= 4 is 22.8 Å². The number of nitro groups is 1. The monoisotopic (exact) mass is 252 g/mol. The summed E-state index contributed by atoms with van der Waals surface area (Å²) >= 11 is 1.59. The van der Waals surface area contributed by atoms with Crippen molar-refractivity contribution in [1.29, 1.82) is 0 Å². The SMILES string of the molecule is Cc1ccsc1Cn1nc(C)c([N+](=O)[O-])c1N. The number of hydrogen-bond acceptors (Lipinski definition) is 5. The Labute approximate surface area is 102 Å². The minimum Gasteiger partial charge on any atom is -0.378 e. The normalized spacial score (nSPS) is 10.7.